The van der Waals surface area contributed by atoms with Gasteiger partial charge in [-0.3, -0.25) is 9.59 Å². The summed E-state index contributed by atoms with van der Waals surface area (Å²) >= 11 is 0. The fourth-order valence-electron chi connectivity index (χ4n) is 10.9. The average molecular weight is 913 g/mol. The minimum atomic E-state index is -1.88. The Morgan fingerprint density at radius 1 is 0.938 bits per heavy atom. The van der Waals surface area contributed by atoms with Gasteiger partial charge in [-0.1, -0.05) is 69.3 Å². The summed E-state index contributed by atoms with van der Waals surface area (Å²) in [5.74, 6) is -2.91. The van der Waals surface area contributed by atoms with Gasteiger partial charge in [0.05, 0.1) is 55.4 Å². The number of hydrogen-bond acceptors (Lipinski definition) is 15. The minimum Gasteiger partial charge on any atom is -0.462 e. The third-order valence-electron chi connectivity index (χ3n) is 14.3. The Kier molecular flexibility index (Phi) is 15.7. The van der Waals surface area contributed by atoms with Gasteiger partial charge in [0.25, 0.3) is 0 Å². The molecule has 4 fully saturated rings. The van der Waals surface area contributed by atoms with Crippen molar-refractivity contribution in [2.45, 2.75) is 185 Å². The summed E-state index contributed by atoms with van der Waals surface area (Å²) in [6, 6.07) is -0.318. The van der Waals surface area contributed by atoms with Crippen LogP contribution < -0.4 is 5.32 Å². The van der Waals surface area contributed by atoms with E-state index in [4.69, 9.17) is 47.4 Å². The predicted octanol–water partition coefficient (Wildman–Crippen LogP) is 5.60. The molecule has 7 rings (SSSR count). The van der Waals surface area contributed by atoms with Crippen LogP contribution in [0.1, 0.15) is 94.4 Å². The van der Waals surface area contributed by atoms with Gasteiger partial charge in [0.1, 0.15) is 35.5 Å². The second-order valence-electron chi connectivity index (χ2n) is 19.5. The summed E-state index contributed by atoms with van der Waals surface area (Å²) < 4.78 is 64.3. The van der Waals surface area contributed by atoms with Crippen molar-refractivity contribution in [1.82, 2.24) is 5.32 Å². The number of rotatable bonds is 8. The molecule has 362 valence electrons. The SMILES string of the molecule is CO[C@H]1C[C@H](O[C@@H]2[C@@H](C)OC(O[C@@H]3/C(C)=C/CC4CC(CC5(C=C[C@@H](C)C(C(C)C)O5)O4)OC(=O)C4C=C(C)/C(=N\O)C5OC/C(=C\C=C\C3C)[C@@]45O)C[C@H]2OC)O[C@@H](C)[C@@H]1NC(C)=O. The van der Waals surface area contributed by atoms with Crippen molar-refractivity contribution in [2.24, 2.45) is 28.8 Å². The number of hydrogen-bond donors (Lipinski definition) is 3. The lowest BCUT2D eigenvalue weighted by molar-refractivity contribution is -0.311. The Morgan fingerprint density at radius 2 is 1.65 bits per heavy atom. The van der Waals surface area contributed by atoms with Crippen LogP contribution in [0.3, 0.4) is 0 Å². The van der Waals surface area contributed by atoms with E-state index < -0.39 is 78.6 Å². The highest BCUT2D eigenvalue weighted by atomic mass is 16.7. The topological polar surface area (TPSA) is 191 Å². The van der Waals surface area contributed by atoms with Gasteiger partial charge in [0.15, 0.2) is 18.4 Å². The molecular weight excluding hydrogens is 841 g/mol. The molecule has 65 heavy (non-hydrogen) atoms. The Balaban J connectivity index is 1.17. The molecule has 8 unspecified atom stereocenters. The molecule has 0 aromatic carbocycles. The third-order valence-corrected chi connectivity index (χ3v) is 14.3. The summed E-state index contributed by atoms with van der Waals surface area (Å²) in [5.41, 5.74) is 0.175. The van der Waals surface area contributed by atoms with Crippen LogP contribution in [0.2, 0.25) is 0 Å². The maximum Gasteiger partial charge on any atom is 0.316 e. The number of allylic oxidation sites excluding steroid dienone is 2. The van der Waals surface area contributed by atoms with Crippen molar-refractivity contribution in [3.05, 3.63) is 59.3 Å². The van der Waals surface area contributed by atoms with Gasteiger partial charge in [0, 0.05) is 58.7 Å². The molecule has 18 atom stereocenters. The quantitative estimate of drug-likeness (QED) is 0.118. The molecule has 16 heteroatoms. The van der Waals surface area contributed by atoms with E-state index in [1.807, 2.05) is 39.0 Å². The van der Waals surface area contributed by atoms with E-state index in [0.29, 0.717) is 36.8 Å². The van der Waals surface area contributed by atoms with Crippen LogP contribution in [-0.2, 0) is 57.0 Å². The fourth-order valence-corrected chi connectivity index (χ4v) is 10.9. The molecule has 0 saturated carbocycles. The van der Waals surface area contributed by atoms with Gasteiger partial charge in [0.2, 0.25) is 5.91 Å². The lowest BCUT2D eigenvalue weighted by Crippen LogP contribution is -2.58. The Hall–Kier alpha value is -3.29. The highest BCUT2D eigenvalue weighted by Gasteiger charge is 2.60. The first kappa shape index (κ1) is 49.6. The number of fused-ring (bicyclic) bond motifs is 2. The van der Waals surface area contributed by atoms with Crippen LogP contribution in [0.15, 0.2) is 64.4 Å². The van der Waals surface area contributed by atoms with Crippen LogP contribution >= 0.6 is 0 Å². The average Bonchev–Trinajstić information content (AvgIpc) is 3.59. The van der Waals surface area contributed by atoms with Gasteiger partial charge in [-0.2, -0.15) is 0 Å². The normalized spacial score (nSPS) is 46.4. The standard InChI is InChI=1S/C49H72N2O14/c1-25(2)43-28(5)17-18-48(65-43)23-35-20-34(64-48)16-15-27(4)44(26(3)13-12-14-33-24-58-46-41(51-55)29(6)19-36(47(53)61-35)49(33,46)54)62-40-22-38(57-11)45(31(8)60-40)63-39-21-37(56-10)42(30(7)59-39)50-32(9)52/h12-15,17-19,25-26,28,30-31,34-40,42-46,54-55H,16,20-24H2,1-11H3,(H,50,52)/b13-12+,27-15+,33-14+,51-41+/t26?,28-,30+,31-,34?,35?,36?,37+,38-,39+,40?,42+,43?,44+,45-,46?,48?,49-/m1/s1. The molecule has 0 aromatic heterocycles. The molecule has 2 bridgehead atoms. The Bertz CT molecular complexity index is 1910. The number of amides is 1. The van der Waals surface area contributed by atoms with Crippen LogP contribution in [-0.4, -0.2) is 140 Å². The highest BCUT2D eigenvalue weighted by molar-refractivity contribution is 6.07. The van der Waals surface area contributed by atoms with Crippen LogP contribution in [0.4, 0.5) is 0 Å². The van der Waals surface area contributed by atoms with Crippen molar-refractivity contribution in [3.8, 4) is 0 Å². The summed E-state index contributed by atoms with van der Waals surface area (Å²) in [4.78, 5) is 26.3. The summed E-state index contributed by atoms with van der Waals surface area (Å²) in [6.45, 7) is 17.5. The largest absolute Gasteiger partial charge is 0.462 e. The van der Waals surface area contributed by atoms with Crippen molar-refractivity contribution >= 4 is 17.6 Å². The second-order valence-corrected chi connectivity index (χ2v) is 19.5. The predicted molar refractivity (Wildman–Crippen MR) is 238 cm³/mol. The van der Waals surface area contributed by atoms with E-state index in [1.165, 1.54) is 6.92 Å². The van der Waals surface area contributed by atoms with E-state index in [2.05, 4.69) is 50.3 Å². The summed E-state index contributed by atoms with van der Waals surface area (Å²) in [5, 5.41) is 29.1. The molecular formula is C49H72N2O14. The van der Waals surface area contributed by atoms with Crippen molar-refractivity contribution in [2.75, 3.05) is 20.8 Å². The minimum absolute atomic E-state index is 0.000789. The van der Waals surface area contributed by atoms with Crippen LogP contribution in [0.5, 0.6) is 0 Å². The number of esters is 1. The molecule has 1 spiro atoms. The molecule has 4 saturated heterocycles. The second kappa shape index (κ2) is 20.5. The Morgan fingerprint density at radius 3 is 2.34 bits per heavy atom. The summed E-state index contributed by atoms with van der Waals surface area (Å²) in [7, 11) is 3.26. The Labute approximate surface area is 383 Å². The first-order valence-corrected chi connectivity index (χ1v) is 23.4. The summed E-state index contributed by atoms with van der Waals surface area (Å²) in [6.07, 6.45) is 9.32. The van der Waals surface area contributed by atoms with E-state index in [0.717, 1.165) is 5.57 Å². The highest BCUT2D eigenvalue weighted by Crippen LogP contribution is 2.46. The van der Waals surface area contributed by atoms with Crippen molar-refractivity contribution < 1.29 is 67.3 Å². The van der Waals surface area contributed by atoms with Gasteiger partial charge in [-0.05, 0) is 62.8 Å². The lowest BCUT2D eigenvalue weighted by Gasteiger charge is -2.48. The fraction of sp³-hybridized carbons (Fsp3) is 0.735. The number of nitrogens with one attached hydrogen (secondary N) is 1. The van der Waals surface area contributed by atoms with E-state index in [9.17, 15) is 19.9 Å². The number of carbonyl (C=O) groups excluding carboxylic acids is 2. The van der Waals surface area contributed by atoms with Crippen molar-refractivity contribution in [3.63, 3.8) is 0 Å². The van der Waals surface area contributed by atoms with Gasteiger partial charge < -0.3 is 63.0 Å². The van der Waals surface area contributed by atoms with E-state index in [1.54, 1.807) is 33.3 Å². The molecule has 1 amide bonds. The third kappa shape index (κ3) is 10.4. The zero-order valence-electron chi connectivity index (χ0n) is 39.8. The maximum absolute atomic E-state index is 14.4. The number of oxime groups is 1. The van der Waals surface area contributed by atoms with Crippen molar-refractivity contribution in [1.29, 1.82) is 0 Å². The molecule has 1 aliphatic carbocycles. The zero-order valence-corrected chi connectivity index (χ0v) is 39.8. The molecule has 3 N–H and O–H groups in total. The molecule has 6 aliphatic heterocycles. The lowest BCUT2D eigenvalue weighted by atomic mass is 9.71. The van der Waals surface area contributed by atoms with Gasteiger partial charge in [-0.25, -0.2) is 0 Å². The number of nitrogens with zero attached hydrogens (tertiary/aromatic N) is 1. The molecule has 0 aromatic rings. The molecule has 16 nitrogen and oxygen atoms in total. The van der Waals surface area contributed by atoms with Crippen LogP contribution in [0, 0.1) is 23.7 Å². The monoisotopic (exact) mass is 912 g/mol. The first-order valence-electron chi connectivity index (χ1n) is 23.4. The first-order chi connectivity index (χ1) is 30.9. The smallest absolute Gasteiger partial charge is 0.316 e. The molecule has 6 heterocycles. The maximum atomic E-state index is 14.4. The number of ether oxygens (including phenoxy) is 10. The van der Waals surface area contributed by atoms with E-state index >= 15 is 0 Å². The van der Waals surface area contributed by atoms with E-state index in [-0.39, 0.29) is 66.8 Å². The molecule has 7 aliphatic rings. The number of aliphatic hydroxyl groups is 1. The number of carbonyl (C=O) groups is 2. The molecule has 0 radical (unpaired) electrons. The van der Waals surface area contributed by atoms with Crippen LogP contribution in [0.25, 0.3) is 0 Å². The van der Waals surface area contributed by atoms with Gasteiger partial charge in [-0.15, -0.1) is 0 Å². The zero-order chi connectivity index (χ0) is 47.0. The van der Waals surface area contributed by atoms with Gasteiger partial charge >= 0.3 is 5.97 Å². The number of methoxy groups -OCH3 is 2.